The van der Waals surface area contributed by atoms with E-state index < -0.39 is 5.41 Å². The van der Waals surface area contributed by atoms with Crippen LogP contribution in [0.25, 0.3) is 22.4 Å². The van der Waals surface area contributed by atoms with Crippen molar-refractivity contribution in [1.82, 2.24) is 20.3 Å². The van der Waals surface area contributed by atoms with E-state index in [9.17, 15) is 4.79 Å². The van der Waals surface area contributed by atoms with Crippen LogP contribution < -0.4 is 16.8 Å². The van der Waals surface area contributed by atoms with E-state index in [1.807, 2.05) is 57.0 Å². The number of aryl methyl sites for hydroxylation is 1. The summed E-state index contributed by atoms with van der Waals surface area (Å²) in [5, 5.41) is 11.8. The summed E-state index contributed by atoms with van der Waals surface area (Å²) >= 11 is 0. The number of nitrogens with zero attached hydrogens (tertiary/aromatic N) is 4. The SMILES string of the molecule is C=O.CC(C)(C#N)c1cc(N)ccn1.Cc1ccc(N)cc1-c1ccnc(-c2ccnc(C(=O)NC3CC3)c2)c1. The van der Waals surface area contributed by atoms with E-state index in [1.54, 1.807) is 36.8 Å². The summed E-state index contributed by atoms with van der Waals surface area (Å²) in [4.78, 5) is 33.0. The highest BCUT2D eigenvalue weighted by atomic mass is 16.2. The van der Waals surface area contributed by atoms with Gasteiger partial charge in [-0.3, -0.25) is 19.7 Å². The maximum absolute atomic E-state index is 12.2. The Morgan fingerprint density at radius 1 is 0.925 bits per heavy atom. The van der Waals surface area contributed by atoms with Crippen molar-refractivity contribution in [2.45, 2.75) is 45.1 Å². The number of hydrogen-bond acceptors (Lipinski definition) is 8. The predicted octanol–water partition coefficient (Wildman–Crippen LogP) is 4.87. The van der Waals surface area contributed by atoms with Gasteiger partial charge in [0.25, 0.3) is 5.91 Å². The molecule has 0 atom stereocenters. The molecule has 1 saturated carbocycles. The summed E-state index contributed by atoms with van der Waals surface area (Å²) in [6, 6.07) is 19.4. The average molecular weight is 536 g/mol. The lowest BCUT2D eigenvalue weighted by atomic mass is 9.91. The molecule has 3 aromatic heterocycles. The Labute approximate surface area is 234 Å². The third-order valence-electron chi connectivity index (χ3n) is 6.24. The van der Waals surface area contributed by atoms with Gasteiger partial charge in [-0.1, -0.05) is 6.07 Å². The van der Waals surface area contributed by atoms with Crippen LogP contribution >= 0.6 is 0 Å². The topological polar surface area (TPSA) is 161 Å². The quantitative estimate of drug-likeness (QED) is 0.305. The maximum atomic E-state index is 12.2. The number of nitriles is 1. The number of amides is 1. The predicted molar refractivity (Wildman–Crippen MR) is 157 cm³/mol. The van der Waals surface area contributed by atoms with Crippen LogP contribution in [0.4, 0.5) is 11.4 Å². The van der Waals surface area contributed by atoms with E-state index in [1.165, 1.54) is 0 Å². The minimum atomic E-state index is -0.560. The molecule has 9 heteroatoms. The van der Waals surface area contributed by atoms with Gasteiger partial charge >= 0.3 is 0 Å². The molecule has 1 aliphatic rings. The molecule has 0 aliphatic heterocycles. The van der Waals surface area contributed by atoms with Gasteiger partial charge in [-0.2, -0.15) is 5.26 Å². The third-order valence-corrected chi connectivity index (χ3v) is 6.24. The monoisotopic (exact) mass is 535 g/mol. The van der Waals surface area contributed by atoms with Crippen LogP contribution in [0.3, 0.4) is 0 Å². The second kappa shape index (κ2) is 13.1. The Hall–Kier alpha value is -5.10. The van der Waals surface area contributed by atoms with Gasteiger partial charge in [-0.05, 0) is 98.8 Å². The zero-order valence-electron chi connectivity index (χ0n) is 22.9. The molecule has 1 amide bonds. The van der Waals surface area contributed by atoms with Gasteiger partial charge in [0.05, 0.1) is 22.9 Å². The molecule has 1 aliphatic carbocycles. The van der Waals surface area contributed by atoms with Crippen molar-refractivity contribution in [2.24, 2.45) is 0 Å². The number of rotatable bonds is 5. The number of anilines is 2. The van der Waals surface area contributed by atoms with Gasteiger partial charge in [0.2, 0.25) is 0 Å². The van der Waals surface area contributed by atoms with Crippen LogP contribution in [0.2, 0.25) is 0 Å². The first-order chi connectivity index (χ1) is 19.2. The summed E-state index contributed by atoms with van der Waals surface area (Å²) < 4.78 is 0. The zero-order valence-corrected chi connectivity index (χ0v) is 22.9. The Morgan fingerprint density at radius 3 is 2.25 bits per heavy atom. The standard InChI is InChI=1S/C21H20N4O.C9H11N3.CH2O/c1-13-2-3-16(22)12-18(13)14-6-8-23-19(10-14)15-7-9-24-20(11-15)21(26)25-17-4-5-17;1-9(2,6-10)8-5-7(11)3-4-12-8;1-2/h2-3,6-12,17H,4-5,22H2,1H3,(H,25,26);3-5H,1-2H3,(H2,11,12);1H2. The van der Waals surface area contributed by atoms with Crippen LogP contribution in [0.1, 0.15) is 48.4 Å². The van der Waals surface area contributed by atoms with Crippen molar-refractivity contribution in [3.05, 3.63) is 90.1 Å². The van der Waals surface area contributed by atoms with Gasteiger partial charge in [-0.25, -0.2) is 0 Å². The number of nitrogens with one attached hydrogen (secondary N) is 1. The molecular formula is C31H33N7O2. The largest absolute Gasteiger partial charge is 0.399 e. The number of aromatic nitrogens is 3. The molecule has 1 fully saturated rings. The lowest BCUT2D eigenvalue weighted by molar-refractivity contribution is -0.0980. The molecule has 9 nitrogen and oxygen atoms in total. The summed E-state index contributed by atoms with van der Waals surface area (Å²) in [6.45, 7) is 7.69. The zero-order chi connectivity index (χ0) is 29.3. The second-order valence-electron chi connectivity index (χ2n) is 9.89. The van der Waals surface area contributed by atoms with Crippen LogP contribution in [-0.2, 0) is 10.2 Å². The summed E-state index contributed by atoms with van der Waals surface area (Å²) in [5.41, 5.74) is 18.4. The first-order valence-electron chi connectivity index (χ1n) is 12.7. The van der Waals surface area contributed by atoms with Crippen LogP contribution in [0.5, 0.6) is 0 Å². The first-order valence-corrected chi connectivity index (χ1v) is 12.7. The van der Waals surface area contributed by atoms with Crippen LogP contribution in [-0.4, -0.2) is 33.7 Å². The number of hydrogen-bond donors (Lipinski definition) is 3. The van der Waals surface area contributed by atoms with Crippen molar-refractivity contribution in [3.63, 3.8) is 0 Å². The normalized spacial score (nSPS) is 12.1. The highest BCUT2D eigenvalue weighted by Crippen LogP contribution is 2.29. The number of benzene rings is 1. The molecule has 5 N–H and O–H groups in total. The van der Waals surface area contributed by atoms with E-state index in [0.29, 0.717) is 23.1 Å². The van der Waals surface area contributed by atoms with Gasteiger partial charge in [0.15, 0.2) is 0 Å². The maximum Gasteiger partial charge on any atom is 0.270 e. The van der Waals surface area contributed by atoms with Gasteiger partial charge in [0, 0.05) is 41.6 Å². The molecule has 0 unspecified atom stereocenters. The van der Waals surface area contributed by atoms with Gasteiger partial charge < -0.3 is 21.6 Å². The Bertz CT molecular complexity index is 1520. The molecule has 4 aromatic rings. The number of pyridine rings is 3. The number of nitrogens with two attached hydrogens (primary N) is 2. The average Bonchev–Trinajstić information content (AvgIpc) is 3.80. The van der Waals surface area contributed by atoms with E-state index in [-0.39, 0.29) is 5.91 Å². The molecule has 0 bridgehead atoms. The molecular weight excluding hydrogens is 502 g/mol. The van der Waals surface area contributed by atoms with Crippen molar-refractivity contribution >= 4 is 24.1 Å². The number of carbonyl (C=O) groups excluding carboxylic acids is 2. The van der Waals surface area contributed by atoms with Crippen molar-refractivity contribution in [2.75, 3.05) is 11.5 Å². The smallest absolute Gasteiger partial charge is 0.270 e. The van der Waals surface area contributed by atoms with Crippen molar-refractivity contribution < 1.29 is 9.59 Å². The lowest BCUT2D eigenvalue weighted by Crippen LogP contribution is -2.26. The van der Waals surface area contributed by atoms with E-state index in [0.717, 1.165) is 46.5 Å². The molecule has 0 radical (unpaired) electrons. The second-order valence-corrected chi connectivity index (χ2v) is 9.89. The number of carbonyl (C=O) groups is 2. The highest BCUT2D eigenvalue weighted by Gasteiger charge is 2.24. The van der Waals surface area contributed by atoms with E-state index in [2.05, 4.69) is 33.3 Å². The fourth-order valence-corrected chi connectivity index (χ4v) is 3.75. The molecule has 3 heterocycles. The van der Waals surface area contributed by atoms with E-state index >= 15 is 0 Å². The summed E-state index contributed by atoms with van der Waals surface area (Å²) in [7, 11) is 0. The van der Waals surface area contributed by atoms with Gasteiger partial charge in [0.1, 0.15) is 12.5 Å². The third kappa shape index (κ3) is 7.71. The highest BCUT2D eigenvalue weighted by molar-refractivity contribution is 5.93. The van der Waals surface area contributed by atoms with E-state index in [4.69, 9.17) is 21.5 Å². The molecule has 0 spiro atoms. The summed E-state index contributed by atoms with van der Waals surface area (Å²) in [6.07, 6.45) is 7.14. The minimum Gasteiger partial charge on any atom is -0.399 e. The number of nitrogen functional groups attached to an aromatic ring is 2. The van der Waals surface area contributed by atoms with Crippen LogP contribution in [0.15, 0.2) is 73.2 Å². The minimum absolute atomic E-state index is 0.128. The fourth-order valence-electron chi connectivity index (χ4n) is 3.75. The van der Waals surface area contributed by atoms with Crippen molar-refractivity contribution in [1.29, 1.82) is 5.26 Å². The van der Waals surface area contributed by atoms with Gasteiger partial charge in [-0.15, -0.1) is 0 Å². The molecule has 1 aromatic carbocycles. The summed E-state index contributed by atoms with van der Waals surface area (Å²) in [5.74, 6) is -0.128. The Morgan fingerprint density at radius 2 is 1.57 bits per heavy atom. The van der Waals surface area contributed by atoms with Crippen LogP contribution in [0, 0.1) is 18.3 Å². The Balaban J connectivity index is 0.000000265. The first kappa shape index (κ1) is 29.5. The lowest BCUT2D eigenvalue weighted by Gasteiger charge is -2.13. The molecule has 40 heavy (non-hydrogen) atoms. The Kier molecular flexibility index (Phi) is 9.66. The molecule has 204 valence electrons. The molecule has 5 rings (SSSR count). The van der Waals surface area contributed by atoms with Crippen molar-refractivity contribution in [3.8, 4) is 28.5 Å². The fraction of sp³-hybridized carbons (Fsp3) is 0.226. The molecule has 0 saturated heterocycles.